The Hall–Kier alpha value is -2.18. The Morgan fingerprint density at radius 2 is 2.00 bits per heavy atom. The fraction of sp³-hybridized carbons (Fsp3) is 0.368. The topological polar surface area (TPSA) is 61.4 Å². The van der Waals surface area contributed by atoms with Crippen LogP contribution in [0.25, 0.3) is 10.4 Å². The Kier molecular flexibility index (Phi) is 4.31. The van der Waals surface area contributed by atoms with E-state index in [1.807, 2.05) is 36.4 Å². The molecule has 25 heavy (non-hydrogen) atoms. The summed E-state index contributed by atoms with van der Waals surface area (Å²) in [5.41, 5.74) is 1.71. The number of nitrogens with one attached hydrogen (secondary N) is 2. The first-order valence-corrected chi connectivity index (χ1v) is 9.42. The van der Waals surface area contributed by atoms with Crippen molar-refractivity contribution in [2.45, 2.75) is 19.4 Å². The standard InChI is InChI=1S/C19H21N3O2S/c1-12(23)20-15-5-3-2-4-14(15)17-6-7-18(25-17)19(24)21-16-11-22-9-8-13(16)10-22/h2-7,13,16H,8-11H2,1H3,(H,20,23)(H,21,24)/t13-,16?/m0/s1. The molecule has 2 bridgehead atoms. The number of amides is 2. The number of fused-ring (bicyclic) bond motifs is 2. The van der Waals surface area contributed by atoms with Gasteiger partial charge in [-0.1, -0.05) is 18.2 Å². The summed E-state index contributed by atoms with van der Waals surface area (Å²) in [6.07, 6.45) is 1.19. The second-order valence-electron chi connectivity index (χ2n) is 6.78. The third-order valence-electron chi connectivity index (χ3n) is 4.98. The molecule has 6 heteroatoms. The summed E-state index contributed by atoms with van der Waals surface area (Å²) < 4.78 is 0. The Labute approximate surface area is 151 Å². The van der Waals surface area contributed by atoms with Crippen LogP contribution in [0.15, 0.2) is 36.4 Å². The third-order valence-corrected chi connectivity index (χ3v) is 6.10. The van der Waals surface area contributed by atoms with E-state index in [2.05, 4.69) is 15.5 Å². The minimum atomic E-state index is -0.103. The van der Waals surface area contributed by atoms with E-state index >= 15 is 0 Å². The van der Waals surface area contributed by atoms with Crippen LogP contribution in [0.5, 0.6) is 0 Å². The lowest BCUT2D eigenvalue weighted by Gasteiger charge is -2.22. The molecule has 1 aromatic carbocycles. The van der Waals surface area contributed by atoms with Gasteiger partial charge in [-0.25, -0.2) is 0 Å². The number of hydrogen-bond donors (Lipinski definition) is 2. The summed E-state index contributed by atoms with van der Waals surface area (Å²) in [6, 6.07) is 11.8. The molecule has 5 nitrogen and oxygen atoms in total. The van der Waals surface area contributed by atoms with Gasteiger partial charge in [-0.2, -0.15) is 0 Å². The van der Waals surface area contributed by atoms with E-state index in [4.69, 9.17) is 0 Å². The van der Waals surface area contributed by atoms with Crippen LogP contribution in [-0.4, -0.2) is 42.4 Å². The van der Waals surface area contributed by atoms with Gasteiger partial charge in [-0.15, -0.1) is 11.3 Å². The number of thiophene rings is 1. The lowest BCUT2D eigenvalue weighted by Crippen LogP contribution is -2.42. The first-order valence-electron chi connectivity index (χ1n) is 8.60. The molecule has 0 spiro atoms. The van der Waals surface area contributed by atoms with Crippen LogP contribution in [-0.2, 0) is 4.79 Å². The van der Waals surface area contributed by atoms with E-state index in [1.54, 1.807) is 0 Å². The summed E-state index contributed by atoms with van der Waals surface area (Å²) in [5.74, 6) is 0.504. The predicted molar refractivity (Wildman–Crippen MR) is 99.9 cm³/mol. The first-order chi connectivity index (χ1) is 12.1. The number of piperidine rings is 1. The zero-order chi connectivity index (χ0) is 17.4. The van der Waals surface area contributed by atoms with Crippen molar-refractivity contribution in [3.05, 3.63) is 41.3 Å². The molecule has 3 atom stereocenters. The zero-order valence-corrected chi connectivity index (χ0v) is 14.9. The van der Waals surface area contributed by atoms with Crippen molar-refractivity contribution in [1.29, 1.82) is 0 Å². The number of rotatable bonds is 4. The zero-order valence-electron chi connectivity index (χ0n) is 14.1. The van der Waals surface area contributed by atoms with Gasteiger partial charge in [-0.05, 0) is 37.1 Å². The molecule has 2 saturated heterocycles. The second kappa shape index (κ2) is 6.61. The second-order valence-corrected chi connectivity index (χ2v) is 7.86. The molecule has 0 saturated carbocycles. The van der Waals surface area contributed by atoms with Crippen molar-refractivity contribution in [2.24, 2.45) is 5.92 Å². The van der Waals surface area contributed by atoms with Crippen LogP contribution < -0.4 is 10.6 Å². The Balaban J connectivity index is 1.50. The fourth-order valence-electron chi connectivity index (χ4n) is 3.79. The summed E-state index contributed by atoms with van der Waals surface area (Å²) in [7, 11) is 0. The molecule has 2 aromatic rings. The highest BCUT2D eigenvalue weighted by atomic mass is 32.1. The van der Waals surface area contributed by atoms with Gasteiger partial charge in [0.05, 0.1) is 4.88 Å². The lowest BCUT2D eigenvalue weighted by molar-refractivity contribution is -0.114. The van der Waals surface area contributed by atoms with Crippen molar-refractivity contribution in [1.82, 2.24) is 10.2 Å². The minimum Gasteiger partial charge on any atom is -0.347 e. The lowest BCUT2D eigenvalue weighted by atomic mass is 10.00. The molecular formula is C19H21N3O2S. The maximum absolute atomic E-state index is 12.6. The Morgan fingerprint density at radius 1 is 1.16 bits per heavy atom. The molecule has 1 aromatic heterocycles. The molecular weight excluding hydrogens is 334 g/mol. The molecule has 2 fully saturated rings. The van der Waals surface area contributed by atoms with Gasteiger partial charge in [0.1, 0.15) is 0 Å². The van der Waals surface area contributed by atoms with Gasteiger partial charge in [-0.3, -0.25) is 9.59 Å². The van der Waals surface area contributed by atoms with E-state index in [0.29, 0.717) is 10.8 Å². The van der Waals surface area contributed by atoms with E-state index in [9.17, 15) is 9.59 Å². The molecule has 2 unspecified atom stereocenters. The molecule has 2 aliphatic rings. The monoisotopic (exact) mass is 355 g/mol. The SMILES string of the molecule is CC(=O)Nc1ccccc1-c1ccc(C(=O)NC2CN3CC[C@H]2C3)s1. The van der Waals surface area contributed by atoms with Gasteiger partial charge >= 0.3 is 0 Å². The van der Waals surface area contributed by atoms with Crippen LogP contribution in [0.1, 0.15) is 23.0 Å². The molecule has 3 heterocycles. The molecule has 2 N–H and O–H groups in total. The van der Waals surface area contributed by atoms with Crippen molar-refractivity contribution >= 4 is 28.8 Å². The largest absolute Gasteiger partial charge is 0.347 e. The van der Waals surface area contributed by atoms with Crippen molar-refractivity contribution in [2.75, 3.05) is 25.0 Å². The van der Waals surface area contributed by atoms with E-state index in [-0.39, 0.29) is 17.9 Å². The highest BCUT2D eigenvalue weighted by molar-refractivity contribution is 7.17. The Morgan fingerprint density at radius 3 is 2.72 bits per heavy atom. The van der Waals surface area contributed by atoms with Crippen molar-refractivity contribution in [3.8, 4) is 10.4 Å². The molecule has 2 amide bonds. The van der Waals surface area contributed by atoms with E-state index in [0.717, 1.165) is 29.2 Å². The maximum atomic E-state index is 12.6. The van der Waals surface area contributed by atoms with Crippen LogP contribution >= 0.6 is 11.3 Å². The number of benzene rings is 1. The van der Waals surface area contributed by atoms with Crippen molar-refractivity contribution < 1.29 is 9.59 Å². The molecule has 4 rings (SSSR count). The minimum absolute atomic E-state index is 0.00649. The number of hydrogen-bond acceptors (Lipinski definition) is 4. The van der Waals surface area contributed by atoms with Crippen LogP contribution in [0.3, 0.4) is 0 Å². The maximum Gasteiger partial charge on any atom is 0.261 e. The average Bonchev–Trinajstić information content (AvgIpc) is 3.31. The Bertz CT molecular complexity index is 817. The number of carbonyl (C=O) groups excluding carboxylic acids is 2. The number of nitrogens with zero attached hydrogens (tertiary/aromatic N) is 1. The molecule has 130 valence electrons. The smallest absolute Gasteiger partial charge is 0.261 e. The fourth-order valence-corrected chi connectivity index (χ4v) is 4.74. The average molecular weight is 355 g/mol. The summed E-state index contributed by atoms with van der Waals surface area (Å²) in [4.78, 5) is 28.1. The van der Waals surface area contributed by atoms with Crippen LogP contribution in [0, 0.1) is 5.92 Å². The molecule has 0 radical (unpaired) electrons. The van der Waals surface area contributed by atoms with E-state index < -0.39 is 0 Å². The summed E-state index contributed by atoms with van der Waals surface area (Å²) >= 11 is 1.46. The quantitative estimate of drug-likeness (QED) is 0.887. The summed E-state index contributed by atoms with van der Waals surface area (Å²) in [5, 5.41) is 6.05. The van der Waals surface area contributed by atoms with Crippen LogP contribution in [0.2, 0.25) is 0 Å². The first kappa shape index (κ1) is 16.3. The van der Waals surface area contributed by atoms with Gasteiger partial charge in [0.25, 0.3) is 5.91 Å². The number of para-hydroxylation sites is 1. The van der Waals surface area contributed by atoms with Gasteiger partial charge in [0, 0.05) is 42.2 Å². The van der Waals surface area contributed by atoms with Crippen LogP contribution in [0.4, 0.5) is 5.69 Å². The normalized spacial score (nSPS) is 24.3. The highest BCUT2D eigenvalue weighted by Gasteiger charge is 2.38. The third kappa shape index (κ3) is 3.32. The van der Waals surface area contributed by atoms with Crippen molar-refractivity contribution in [3.63, 3.8) is 0 Å². The highest BCUT2D eigenvalue weighted by Crippen LogP contribution is 2.34. The summed E-state index contributed by atoms with van der Waals surface area (Å²) in [6.45, 7) is 4.75. The van der Waals surface area contributed by atoms with Gasteiger partial charge in [0.15, 0.2) is 0 Å². The number of carbonyl (C=O) groups is 2. The van der Waals surface area contributed by atoms with E-state index in [1.165, 1.54) is 31.2 Å². The van der Waals surface area contributed by atoms with Gasteiger partial charge < -0.3 is 15.5 Å². The molecule has 2 aliphatic heterocycles. The number of anilines is 1. The van der Waals surface area contributed by atoms with Gasteiger partial charge in [0.2, 0.25) is 5.91 Å². The molecule has 0 aliphatic carbocycles. The predicted octanol–water partition coefficient (Wildman–Crippen LogP) is 2.81.